The molecule has 2 rings (SSSR count). The average Bonchev–Trinajstić information content (AvgIpc) is 2.72. The number of allylic oxidation sites excluding steroid dienone is 1. The first-order valence-electron chi connectivity index (χ1n) is 10.9. The van der Waals surface area contributed by atoms with Crippen molar-refractivity contribution in [2.24, 2.45) is 0 Å². The molecule has 0 atom stereocenters. The molecule has 1 fully saturated rings. The third-order valence-corrected chi connectivity index (χ3v) is 5.14. The van der Waals surface area contributed by atoms with Gasteiger partial charge in [0.25, 0.3) is 0 Å². The van der Waals surface area contributed by atoms with Crippen molar-refractivity contribution in [3.05, 3.63) is 36.4 Å². The molecule has 0 saturated heterocycles. The van der Waals surface area contributed by atoms with Gasteiger partial charge in [-0.25, -0.2) is 0 Å². The Labute approximate surface area is 171 Å². The summed E-state index contributed by atoms with van der Waals surface area (Å²) < 4.78 is 22.6. The molecule has 0 unspecified atom stereocenters. The summed E-state index contributed by atoms with van der Waals surface area (Å²) in [6.45, 7) is 7.23. The number of hydrogen-bond acceptors (Lipinski definition) is 4. The third kappa shape index (κ3) is 10.1. The second-order valence-electron chi connectivity index (χ2n) is 7.60. The predicted molar refractivity (Wildman–Crippen MR) is 114 cm³/mol. The first-order chi connectivity index (χ1) is 13.8. The van der Waals surface area contributed by atoms with Crippen LogP contribution in [0.15, 0.2) is 36.4 Å². The van der Waals surface area contributed by atoms with Crippen molar-refractivity contribution in [1.82, 2.24) is 0 Å². The Bertz CT molecular complexity index is 516. The van der Waals surface area contributed by atoms with Gasteiger partial charge in [0.15, 0.2) is 0 Å². The van der Waals surface area contributed by atoms with Crippen LogP contribution in [-0.4, -0.2) is 39.6 Å². The molecule has 0 radical (unpaired) electrons. The van der Waals surface area contributed by atoms with Gasteiger partial charge in [-0.3, -0.25) is 0 Å². The molecule has 1 aliphatic rings. The summed E-state index contributed by atoms with van der Waals surface area (Å²) in [7, 11) is 1.75. The van der Waals surface area contributed by atoms with Gasteiger partial charge in [0.05, 0.1) is 19.3 Å². The van der Waals surface area contributed by atoms with Crippen molar-refractivity contribution in [2.75, 3.05) is 33.5 Å². The highest BCUT2D eigenvalue weighted by atomic mass is 16.5. The Kier molecular flexibility index (Phi) is 11.8. The largest absolute Gasteiger partial charge is 0.494 e. The van der Waals surface area contributed by atoms with Gasteiger partial charge < -0.3 is 18.9 Å². The van der Waals surface area contributed by atoms with Gasteiger partial charge in [-0.15, -0.1) is 0 Å². The van der Waals surface area contributed by atoms with Crippen LogP contribution in [0, 0.1) is 0 Å². The maximum absolute atomic E-state index is 5.95. The van der Waals surface area contributed by atoms with E-state index in [-0.39, 0.29) is 0 Å². The van der Waals surface area contributed by atoms with E-state index in [4.69, 9.17) is 18.9 Å². The van der Waals surface area contributed by atoms with Crippen LogP contribution < -0.4 is 9.47 Å². The highest BCUT2D eigenvalue weighted by Gasteiger charge is 2.15. The monoisotopic (exact) mass is 390 g/mol. The maximum Gasteiger partial charge on any atom is 0.119 e. The second kappa shape index (κ2) is 14.5. The first-order valence-corrected chi connectivity index (χ1v) is 10.9. The summed E-state index contributed by atoms with van der Waals surface area (Å²) in [5.74, 6) is 1.81. The number of hydrogen-bond donors (Lipinski definition) is 0. The van der Waals surface area contributed by atoms with Gasteiger partial charge in [-0.05, 0) is 82.1 Å². The molecule has 1 aromatic carbocycles. The topological polar surface area (TPSA) is 36.9 Å². The van der Waals surface area contributed by atoms with Crippen LogP contribution in [0.4, 0.5) is 0 Å². The summed E-state index contributed by atoms with van der Waals surface area (Å²) in [6, 6.07) is 7.94. The van der Waals surface area contributed by atoms with Gasteiger partial charge in [0, 0.05) is 20.3 Å². The van der Waals surface area contributed by atoms with Crippen LogP contribution in [0.3, 0.4) is 0 Å². The van der Waals surface area contributed by atoms with Crippen LogP contribution in [-0.2, 0) is 9.47 Å². The predicted octanol–water partition coefficient (Wildman–Crippen LogP) is 5.95. The van der Waals surface area contributed by atoms with E-state index >= 15 is 0 Å². The Hall–Kier alpha value is -1.52. The molecule has 0 aromatic heterocycles. The fourth-order valence-electron chi connectivity index (χ4n) is 3.33. The smallest absolute Gasteiger partial charge is 0.119 e. The molecule has 0 bridgehead atoms. The molecule has 0 spiro atoms. The lowest BCUT2D eigenvalue weighted by atomic mass is 9.94. The fraction of sp³-hybridized carbons (Fsp3) is 0.667. The summed E-state index contributed by atoms with van der Waals surface area (Å²) in [5, 5.41) is 0. The molecule has 0 amide bonds. The van der Waals surface area contributed by atoms with Crippen molar-refractivity contribution in [3.8, 4) is 11.5 Å². The number of benzene rings is 1. The highest BCUT2D eigenvalue weighted by molar-refractivity contribution is 5.31. The molecule has 0 aliphatic heterocycles. The number of rotatable bonds is 15. The lowest BCUT2D eigenvalue weighted by molar-refractivity contribution is 0.0321. The molecule has 1 saturated carbocycles. The van der Waals surface area contributed by atoms with Gasteiger partial charge in [0.1, 0.15) is 11.5 Å². The van der Waals surface area contributed by atoms with Crippen molar-refractivity contribution < 1.29 is 18.9 Å². The molecular weight excluding hydrogens is 352 g/mol. The minimum atomic E-state index is 0.435. The van der Waals surface area contributed by atoms with Crippen molar-refractivity contribution in [1.29, 1.82) is 0 Å². The summed E-state index contributed by atoms with van der Waals surface area (Å²) in [4.78, 5) is 0. The van der Waals surface area contributed by atoms with Gasteiger partial charge in [-0.2, -0.15) is 0 Å². The Morgan fingerprint density at radius 3 is 1.82 bits per heavy atom. The van der Waals surface area contributed by atoms with E-state index in [2.05, 4.69) is 6.58 Å². The quantitative estimate of drug-likeness (QED) is 0.274. The maximum atomic E-state index is 5.95. The molecule has 0 N–H and O–H groups in total. The third-order valence-electron chi connectivity index (χ3n) is 5.14. The molecule has 4 nitrogen and oxygen atoms in total. The lowest BCUT2D eigenvalue weighted by Crippen LogP contribution is -2.18. The van der Waals surface area contributed by atoms with Crippen LogP contribution in [0.2, 0.25) is 0 Å². The van der Waals surface area contributed by atoms with Crippen LogP contribution in [0.5, 0.6) is 11.5 Å². The Morgan fingerprint density at radius 2 is 1.25 bits per heavy atom. The van der Waals surface area contributed by atoms with Crippen molar-refractivity contribution >= 4 is 0 Å². The van der Waals surface area contributed by atoms with E-state index in [9.17, 15) is 0 Å². The molecule has 1 aromatic rings. The lowest BCUT2D eigenvalue weighted by Gasteiger charge is -2.23. The van der Waals surface area contributed by atoms with Crippen molar-refractivity contribution in [2.45, 2.75) is 70.3 Å². The fourth-order valence-corrected chi connectivity index (χ4v) is 3.33. The minimum Gasteiger partial charge on any atom is -0.494 e. The van der Waals surface area contributed by atoms with E-state index in [0.717, 1.165) is 89.3 Å². The number of methoxy groups -OCH3 is 1. The van der Waals surface area contributed by atoms with E-state index < -0.39 is 0 Å². The van der Waals surface area contributed by atoms with E-state index in [1.807, 2.05) is 24.3 Å². The number of unbranched alkanes of at least 4 members (excludes halogenated alkanes) is 4. The first kappa shape index (κ1) is 22.8. The zero-order valence-electron chi connectivity index (χ0n) is 17.6. The van der Waals surface area contributed by atoms with Crippen LogP contribution in [0.1, 0.15) is 64.2 Å². The highest BCUT2D eigenvalue weighted by Crippen LogP contribution is 2.24. The summed E-state index contributed by atoms with van der Waals surface area (Å²) in [5.41, 5.74) is 1.38. The van der Waals surface area contributed by atoms with Crippen LogP contribution in [0.25, 0.3) is 0 Å². The molecular formula is C24H38O4. The van der Waals surface area contributed by atoms with E-state index in [1.165, 1.54) is 18.4 Å². The molecule has 4 heteroatoms. The molecule has 158 valence electrons. The van der Waals surface area contributed by atoms with Gasteiger partial charge in [0.2, 0.25) is 0 Å². The standard InChI is InChI=1S/C24H38O4/c1-21-9-11-22(12-10-21)27-19-7-8-20-28-24-15-13-23(14-16-24)26-18-6-4-3-5-17-25-2/h13-16,22H,1,3-12,17-20H2,2H3. The molecule has 1 aliphatic carbocycles. The normalized spacial score (nSPS) is 15.0. The zero-order chi connectivity index (χ0) is 19.9. The minimum absolute atomic E-state index is 0.435. The van der Waals surface area contributed by atoms with E-state index in [1.54, 1.807) is 7.11 Å². The molecule has 0 heterocycles. The van der Waals surface area contributed by atoms with Crippen LogP contribution >= 0.6 is 0 Å². The van der Waals surface area contributed by atoms with E-state index in [0.29, 0.717) is 6.10 Å². The van der Waals surface area contributed by atoms with Gasteiger partial charge in [-0.1, -0.05) is 18.6 Å². The average molecular weight is 391 g/mol. The second-order valence-corrected chi connectivity index (χ2v) is 7.60. The zero-order valence-corrected chi connectivity index (χ0v) is 17.6. The SMILES string of the molecule is C=C1CCC(OCCCCOc2ccc(OCCCCCCOC)cc2)CC1. The summed E-state index contributed by atoms with van der Waals surface area (Å²) in [6.07, 6.45) is 11.6. The molecule has 28 heavy (non-hydrogen) atoms. The number of ether oxygens (including phenoxy) is 4. The van der Waals surface area contributed by atoms with Gasteiger partial charge >= 0.3 is 0 Å². The summed E-state index contributed by atoms with van der Waals surface area (Å²) >= 11 is 0. The Morgan fingerprint density at radius 1 is 0.750 bits per heavy atom. The Balaban J connectivity index is 1.45. The van der Waals surface area contributed by atoms with Crippen molar-refractivity contribution in [3.63, 3.8) is 0 Å².